The molecular weight excluding hydrogens is 242 g/mol. The molecule has 0 radical (unpaired) electrons. The predicted octanol–water partition coefficient (Wildman–Crippen LogP) is 2.70. The number of hydrogen-bond acceptors (Lipinski definition) is 4. The Hall–Kier alpha value is -1.84. The number of aryl methyl sites for hydroxylation is 1. The van der Waals surface area contributed by atoms with E-state index < -0.39 is 5.60 Å². The normalized spacial score (nSPS) is 21.7. The van der Waals surface area contributed by atoms with E-state index in [9.17, 15) is 4.79 Å². The molecule has 0 saturated carbocycles. The summed E-state index contributed by atoms with van der Waals surface area (Å²) in [6, 6.07) is 8.16. The Morgan fingerprint density at radius 1 is 1.37 bits per heavy atom. The van der Waals surface area contributed by atoms with Crippen molar-refractivity contribution in [2.24, 2.45) is 5.16 Å². The number of esters is 1. The first-order valence-electron chi connectivity index (χ1n) is 6.60. The Labute approximate surface area is 113 Å². The number of carbonyl (C=O) groups excluding carboxylic acids is 1. The van der Waals surface area contributed by atoms with Gasteiger partial charge < -0.3 is 9.57 Å². The molecule has 2 rings (SSSR count). The van der Waals surface area contributed by atoms with Crippen molar-refractivity contribution in [1.29, 1.82) is 0 Å². The Bertz CT molecular complexity index is 493. The second-order valence-corrected chi connectivity index (χ2v) is 4.81. The zero-order chi connectivity index (χ0) is 13.9. The minimum absolute atomic E-state index is 0.346. The van der Waals surface area contributed by atoms with Crippen LogP contribution in [-0.2, 0) is 20.8 Å². The maximum absolute atomic E-state index is 11.8. The van der Waals surface area contributed by atoms with E-state index >= 15 is 0 Å². The van der Waals surface area contributed by atoms with Crippen molar-refractivity contribution < 1.29 is 14.4 Å². The first kappa shape index (κ1) is 13.6. The molecule has 0 N–H and O–H groups in total. The van der Waals surface area contributed by atoms with E-state index in [0.717, 1.165) is 17.7 Å². The molecule has 0 fully saturated rings. The van der Waals surface area contributed by atoms with Crippen LogP contribution in [0.2, 0.25) is 0 Å². The standard InChI is InChI=1S/C15H19NO3/c1-4-11-6-8-12(9-7-11)13-10-15(3,19-16-13)14(17)18-5-2/h6-9H,4-5,10H2,1-3H3. The van der Waals surface area contributed by atoms with Gasteiger partial charge in [0.25, 0.3) is 0 Å². The molecule has 4 heteroatoms. The SMILES string of the molecule is CCOC(=O)C1(C)CC(c2ccc(CC)cc2)=NO1. The summed E-state index contributed by atoms with van der Waals surface area (Å²) in [5.41, 5.74) is 2.06. The maximum atomic E-state index is 11.8. The molecule has 1 aromatic rings. The minimum atomic E-state index is -0.991. The summed E-state index contributed by atoms with van der Waals surface area (Å²) in [6.07, 6.45) is 1.45. The van der Waals surface area contributed by atoms with Crippen LogP contribution in [0.25, 0.3) is 0 Å². The van der Waals surface area contributed by atoms with Crippen LogP contribution in [0.15, 0.2) is 29.4 Å². The summed E-state index contributed by atoms with van der Waals surface area (Å²) < 4.78 is 5.01. The van der Waals surface area contributed by atoms with E-state index in [-0.39, 0.29) is 5.97 Å². The van der Waals surface area contributed by atoms with Crippen molar-refractivity contribution in [1.82, 2.24) is 0 Å². The molecule has 0 aliphatic carbocycles. The fourth-order valence-electron chi connectivity index (χ4n) is 2.02. The molecule has 1 aromatic carbocycles. The first-order chi connectivity index (χ1) is 9.09. The second kappa shape index (κ2) is 5.43. The lowest BCUT2D eigenvalue weighted by molar-refractivity contribution is -0.166. The van der Waals surface area contributed by atoms with Crippen molar-refractivity contribution in [3.63, 3.8) is 0 Å². The van der Waals surface area contributed by atoms with Crippen LogP contribution in [-0.4, -0.2) is 23.9 Å². The van der Waals surface area contributed by atoms with Gasteiger partial charge in [0.1, 0.15) is 0 Å². The molecule has 0 bridgehead atoms. The smallest absolute Gasteiger partial charge is 0.353 e. The summed E-state index contributed by atoms with van der Waals surface area (Å²) in [5.74, 6) is -0.362. The van der Waals surface area contributed by atoms with Crippen molar-refractivity contribution in [3.8, 4) is 0 Å². The first-order valence-corrected chi connectivity index (χ1v) is 6.60. The lowest BCUT2D eigenvalue weighted by atomic mass is 9.95. The van der Waals surface area contributed by atoms with Gasteiger partial charge in [0.05, 0.1) is 12.3 Å². The zero-order valence-electron chi connectivity index (χ0n) is 11.6. The molecule has 4 nitrogen and oxygen atoms in total. The van der Waals surface area contributed by atoms with Gasteiger partial charge in [0.15, 0.2) is 0 Å². The molecule has 1 heterocycles. The van der Waals surface area contributed by atoms with Crippen LogP contribution in [0.3, 0.4) is 0 Å². The van der Waals surface area contributed by atoms with Gasteiger partial charge in [-0.3, -0.25) is 0 Å². The van der Waals surface area contributed by atoms with Crippen LogP contribution < -0.4 is 0 Å². The van der Waals surface area contributed by atoms with E-state index in [1.165, 1.54) is 5.56 Å². The van der Waals surface area contributed by atoms with E-state index in [1.807, 2.05) is 12.1 Å². The van der Waals surface area contributed by atoms with Gasteiger partial charge in [-0.25, -0.2) is 4.79 Å². The average molecular weight is 261 g/mol. The quantitative estimate of drug-likeness (QED) is 0.783. The van der Waals surface area contributed by atoms with E-state index in [0.29, 0.717) is 13.0 Å². The fourth-order valence-corrected chi connectivity index (χ4v) is 2.02. The topological polar surface area (TPSA) is 47.9 Å². The summed E-state index contributed by atoms with van der Waals surface area (Å²) in [7, 11) is 0. The zero-order valence-corrected chi connectivity index (χ0v) is 11.6. The second-order valence-electron chi connectivity index (χ2n) is 4.81. The molecule has 1 atom stereocenters. The fraction of sp³-hybridized carbons (Fsp3) is 0.467. The van der Waals surface area contributed by atoms with E-state index in [2.05, 4.69) is 24.2 Å². The lowest BCUT2D eigenvalue weighted by Gasteiger charge is -2.18. The third-order valence-electron chi connectivity index (χ3n) is 3.26. The number of hydrogen-bond donors (Lipinski definition) is 0. The number of ether oxygens (including phenoxy) is 1. The van der Waals surface area contributed by atoms with Gasteiger partial charge in [-0.2, -0.15) is 0 Å². The maximum Gasteiger partial charge on any atom is 0.353 e. The molecule has 0 spiro atoms. The predicted molar refractivity (Wildman–Crippen MR) is 73.1 cm³/mol. The average Bonchev–Trinajstić information content (AvgIpc) is 2.83. The highest BCUT2D eigenvalue weighted by molar-refractivity contribution is 6.04. The summed E-state index contributed by atoms with van der Waals surface area (Å²) in [5, 5.41) is 4.03. The third kappa shape index (κ3) is 2.78. The van der Waals surface area contributed by atoms with Gasteiger partial charge in [0.2, 0.25) is 5.60 Å². The molecule has 0 aromatic heterocycles. The Morgan fingerprint density at radius 3 is 2.63 bits per heavy atom. The Kier molecular flexibility index (Phi) is 3.88. The number of nitrogens with zero attached hydrogens (tertiary/aromatic N) is 1. The number of oxime groups is 1. The lowest BCUT2D eigenvalue weighted by Crippen LogP contribution is -2.37. The van der Waals surface area contributed by atoms with Gasteiger partial charge in [-0.05, 0) is 31.4 Å². The highest BCUT2D eigenvalue weighted by atomic mass is 16.7. The van der Waals surface area contributed by atoms with Crippen LogP contribution >= 0.6 is 0 Å². The van der Waals surface area contributed by atoms with Gasteiger partial charge in [0, 0.05) is 6.42 Å². The van der Waals surface area contributed by atoms with Crippen LogP contribution in [0, 0.1) is 0 Å². The highest BCUT2D eigenvalue weighted by Crippen LogP contribution is 2.28. The van der Waals surface area contributed by atoms with Crippen LogP contribution in [0.1, 0.15) is 38.3 Å². The minimum Gasteiger partial charge on any atom is -0.463 e. The van der Waals surface area contributed by atoms with Crippen molar-refractivity contribution in [2.45, 2.75) is 39.2 Å². The van der Waals surface area contributed by atoms with Gasteiger partial charge in [-0.15, -0.1) is 0 Å². The summed E-state index contributed by atoms with van der Waals surface area (Å²) in [6.45, 7) is 5.95. The van der Waals surface area contributed by atoms with Crippen molar-refractivity contribution in [3.05, 3.63) is 35.4 Å². The van der Waals surface area contributed by atoms with Crippen molar-refractivity contribution in [2.75, 3.05) is 6.61 Å². The summed E-state index contributed by atoms with van der Waals surface area (Å²) in [4.78, 5) is 17.1. The van der Waals surface area contributed by atoms with Gasteiger partial charge >= 0.3 is 5.97 Å². The monoisotopic (exact) mass is 261 g/mol. The summed E-state index contributed by atoms with van der Waals surface area (Å²) >= 11 is 0. The number of benzene rings is 1. The molecule has 1 unspecified atom stereocenters. The largest absolute Gasteiger partial charge is 0.463 e. The molecule has 0 amide bonds. The number of carbonyl (C=O) groups is 1. The van der Waals surface area contributed by atoms with E-state index in [1.54, 1.807) is 13.8 Å². The van der Waals surface area contributed by atoms with Crippen molar-refractivity contribution >= 4 is 11.7 Å². The highest BCUT2D eigenvalue weighted by Gasteiger charge is 2.43. The molecule has 1 aliphatic heterocycles. The van der Waals surface area contributed by atoms with Gasteiger partial charge in [-0.1, -0.05) is 36.3 Å². The van der Waals surface area contributed by atoms with Crippen LogP contribution in [0.5, 0.6) is 0 Å². The molecule has 0 saturated heterocycles. The van der Waals surface area contributed by atoms with E-state index in [4.69, 9.17) is 9.57 Å². The Morgan fingerprint density at radius 2 is 2.05 bits per heavy atom. The molecule has 19 heavy (non-hydrogen) atoms. The molecule has 102 valence electrons. The molecular formula is C15H19NO3. The third-order valence-corrected chi connectivity index (χ3v) is 3.26. The van der Waals surface area contributed by atoms with Crippen LogP contribution in [0.4, 0.5) is 0 Å². The number of rotatable bonds is 4. The Balaban J connectivity index is 2.10. The molecule has 1 aliphatic rings.